The Morgan fingerprint density at radius 2 is 1.89 bits per heavy atom. The van der Waals surface area contributed by atoms with Gasteiger partial charge in [-0.25, -0.2) is 4.98 Å². The zero-order valence-electron chi connectivity index (χ0n) is 11.2. The summed E-state index contributed by atoms with van der Waals surface area (Å²) in [6.07, 6.45) is 1.81. The van der Waals surface area contributed by atoms with E-state index >= 15 is 0 Å². The van der Waals surface area contributed by atoms with E-state index in [1.165, 1.54) is 5.56 Å². The van der Waals surface area contributed by atoms with E-state index in [4.69, 9.17) is 0 Å². The van der Waals surface area contributed by atoms with Crippen molar-refractivity contribution in [3.05, 3.63) is 46.1 Å². The second-order valence-corrected chi connectivity index (χ2v) is 5.31. The predicted octanol–water partition coefficient (Wildman–Crippen LogP) is 3.76. The topological polar surface area (TPSA) is 49.8 Å². The van der Waals surface area contributed by atoms with E-state index in [-0.39, 0.29) is 6.04 Å². The minimum Gasteiger partial charge on any atom is -0.363 e. The molecule has 0 aliphatic carbocycles. The van der Waals surface area contributed by atoms with Gasteiger partial charge in [-0.05, 0) is 31.5 Å². The zero-order chi connectivity index (χ0) is 13.8. The van der Waals surface area contributed by atoms with Crippen molar-refractivity contribution < 1.29 is 0 Å². The molecule has 1 aromatic carbocycles. The van der Waals surface area contributed by atoms with Crippen molar-refractivity contribution in [2.24, 2.45) is 0 Å². The molecule has 0 saturated carbocycles. The standard InChI is InChI=1S/C14H17BrN4/c1-9-8-17-14(16-3)19-13(9)18-10(2)11-4-6-12(15)7-5-11/h4-8,10H,1-3H3,(H2,16,17,18,19). The van der Waals surface area contributed by atoms with E-state index in [0.717, 1.165) is 15.9 Å². The molecule has 1 heterocycles. The van der Waals surface area contributed by atoms with Crippen molar-refractivity contribution >= 4 is 27.7 Å². The fourth-order valence-corrected chi connectivity index (χ4v) is 2.01. The normalized spacial score (nSPS) is 12.0. The Bertz CT molecular complexity index is 554. The van der Waals surface area contributed by atoms with Crippen LogP contribution in [0.25, 0.3) is 0 Å². The number of rotatable bonds is 4. The molecule has 0 fully saturated rings. The third-order valence-corrected chi connectivity index (χ3v) is 3.45. The highest BCUT2D eigenvalue weighted by atomic mass is 79.9. The monoisotopic (exact) mass is 320 g/mol. The Morgan fingerprint density at radius 1 is 1.21 bits per heavy atom. The molecule has 0 aliphatic rings. The second-order valence-electron chi connectivity index (χ2n) is 4.39. The molecule has 0 radical (unpaired) electrons. The predicted molar refractivity (Wildman–Crippen MR) is 82.5 cm³/mol. The summed E-state index contributed by atoms with van der Waals surface area (Å²) in [7, 11) is 1.81. The molecule has 0 aliphatic heterocycles. The molecular formula is C14H17BrN4. The lowest BCUT2D eigenvalue weighted by molar-refractivity contribution is 0.868. The SMILES string of the molecule is CNc1ncc(C)c(NC(C)c2ccc(Br)cc2)n1. The first-order valence-corrected chi connectivity index (χ1v) is 6.93. The van der Waals surface area contributed by atoms with Crippen molar-refractivity contribution in [2.75, 3.05) is 17.7 Å². The van der Waals surface area contributed by atoms with Crippen LogP contribution in [0, 0.1) is 6.92 Å². The summed E-state index contributed by atoms with van der Waals surface area (Å²) >= 11 is 3.44. The summed E-state index contributed by atoms with van der Waals surface area (Å²) in [5.41, 5.74) is 2.25. The summed E-state index contributed by atoms with van der Waals surface area (Å²) in [4.78, 5) is 8.61. The first-order chi connectivity index (χ1) is 9.10. The highest BCUT2D eigenvalue weighted by Gasteiger charge is 2.09. The van der Waals surface area contributed by atoms with Gasteiger partial charge in [-0.15, -0.1) is 0 Å². The quantitative estimate of drug-likeness (QED) is 0.900. The summed E-state index contributed by atoms with van der Waals surface area (Å²) in [5, 5.41) is 6.36. The van der Waals surface area contributed by atoms with Gasteiger partial charge in [-0.3, -0.25) is 0 Å². The number of hydrogen-bond donors (Lipinski definition) is 2. The molecule has 2 rings (SSSR count). The molecule has 19 heavy (non-hydrogen) atoms. The molecular weight excluding hydrogens is 304 g/mol. The van der Waals surface area contributed by atoms with Gasteiger partial charge >= 0.3 is 0 Å². The molecule has 0 amide bonds. The van der Waals surface area contributed by atoms with Gasteiger partial charge in [0.05, 0.1) is 0 Å². The molecule has 1 aromatic heterocycles. The molecule has 4 nitrogen and oxygen atoms in total. The van der Waals surface area contributed by atoms with Crippen LogP contribution in [-0.4, -0.2) is 17.0 Å². The molecule has 2 aromatic rings. The number of nitrogens with one attached hydrogen (secondary N) is 2. The highest BCUT2D eigenvalue weighted by molar-refractivity contribution is 9.10. The minimum atomic E-state index is 0.186. The van der Waals surface area contributed by atoms with Gasteiger partial charge in [0.15, 0.2) is 0 Å². The number of aryl methyl sites for hydroxylation is 1. The van der Waals surface area contributed by atoms with Gasteiger partial charge in [0.2, 0.25) is 5.95 Å². The summed E-state index contributed by atoms with van der Waals surface area (Å²) < 4.78 is 1.08. The van der Waals surface area contributed by atoms with Crippen LogP contribution in [0.2, 0.25) is 0 Å². The Hall–Kier alpha value is -1.62. The molecule has 0 saturated heterocycles. The summed E-state index contributed by atoms with van der Waals surface area (Å²) in [6, 6.07) is 8.46. The van der Waals surface area contributed by atoms with Crippen LogP contribution in [0.3, 0.4) is 0 Å². The lowest BCUT2D eigenvalue weighted by atomic mass is 10.1. The first kappa shape index (κ1) is 13.8. The van der Waals surface area contributed by atoms with Crippen LogP contribution in [0.15, 0.2) is 34.9 Å². The van der Waals surface area contributed by atoms with Gasteiger partial charge < -0.3 is 10.6 Å². The second kappa shape index (κ2) is 6.02. The third kappa shape index (κ3) is 3.44. The Labute approximate surface area is 121 Å². The number of hydrogen-bond acceptors (Lipinski definition) is 4. The molecule has 1 unspecified atom stereocenters. The Kier molecular flexibility index (Phi) is 4.37. The van der Waals surface area contributed by atoms with Crippen molar-refractivity contribution in [3.63, 3.8) is 0 Å². The Morgan fingerprint density at radius 3 is 2.53 bits per heavy atom. The van der Waals surface area contributed by atoms with E-state index in [1.807, 2.05) is 32.3 Å². The number of aromatic nitrogens is 2. The van der Waals surface area contributed by atoms with Crippen LogP contribution >= 0.6 is 15.9 Å². The van der Waals surface area contributed by atoms with E-state index in [0.29, 0.717) is 5.95 Å². The molecule has 100 valence electrons. The molecule has 2 N–H and O–H groups in total. The van der Waals surface area contributed by atoms with E-state index in [1.54, 1.807) is 0 Å². The maximum Gasteiger partial charge on any atom is 0.224 e. The summed E-state index contributed by atoms with van der Waals surface area (Å²) in [5.74, 6) is 1.48. The molecule has 1 atom stereocenters. The maximum absolute atomic E-state index is 4.43. The lowest BCUT2D eigenvalue weighted by Crippen LogP contribution is -2.10. The van der Waals surface area contributed by atoms with Crippen molar-refractivity contribution in [2.45, 2.75) is 19.9 Å². The third-order valence-electron chi connectivity index (χ3n) is 2.92. The van der Waals surface area contributed by atoms with Crippen LogP contribution in [0.4, 0.5) is 11.8 Å². The minimum absolute atomic E-state index is 0.186. The zero-order valence-corrected chi connectivity index (χ0v) is 12.8. The van der Waals surface area contributed by atoms with Gasteiger partial charge in [-0.2, -0.15) is 4.98 Å². The van der Waals surface area contributed by atoms with Crippen LogP contribution < -0.4 is 10.6 Å². The van der Waals surface area contributed by atoms with Crippen LogP contribution in [0.5, 0.6) is 0 Å². The van der Waals surface area contributed by atoms with Crippen LogP contribution in [-0.2, 0) is 0 Å². The van der Waals surface area contributed by atoms with E-state index in [9.17, 15) is 0 Å². The molecule has 5 heteroatoms. The lowest BCUT2D eigenvalue weighted by Gasteiger charge is -2.17. The summed E-state index contributed by atoms with van der Waals surface area (Å²) in [6.45, 7) is 4.11. The number of benzene rings is 1. The largest absolute Gasteiger partial charge is 0.363 e. The van der Waals surface area contributed by atoms with Gasteiger partial charge in [0.25, 0.3) is 0 Å². The smallest absolute Gasteiger partial charge is 0.224 e. The average Bonchev–Trinajstić information content (AvgIpc) is 2.42. The van der Waals surface area contributed by atoms with Crippen molar-refractivity contribution in [1.29, 1.82) is 0 Å². The van der Waals surface area contributed by atoms with Gasteiger partial charge in [0, 0.05) is 29.3 Å². The average molecular weight is 321 g/mol. The fraction of sp³-hybridized carbons (Fsp3) is 0.286. The van der Waals surface area contributed by atoms with Crippen molar-refractivity contribution in [3.8, 4) is 0 Å². The van der Waals surface area contributed by atoms with Crippen LogP contribution in [0.1, 0.15) is 24.1 Å². The first-order valence-electron chi connectivity index (χ1n) is 6.13. The van der Waals surface area contributed by atoms with Crippen molar-refractivity contribution in [1.82, 2.24) is 9.97 Å². The maximum atomic E-state index is 4.43. The number of halogens is 1. The van der Waals surface area contributed by atoms with E-state index in [2.05, 4.69) is 55.6 Å². The molecule has 0 spiro atoms. The highest BCUT2D eigenvalue weighted by Crippen LogP contribution is 2.22. The van der Waals surface area contributed by atoms with E-state index < -0.39 is 0 Å². The van der Waals surface area contributed by atoms with Gasteiger partial charge in [0.1, 0.15) is 5.82 Å². The number of anilines is 2. The Balaban J connectivity index is 2.18. The fourth-order valence-electron chi connectivity index (χ4n) is 1.75. The number of nitrogens with zero attached hydrogens (tertiary/aromatic N) is 2. The molecule has 0 bridgehead atoms. The van der Waals surface area contributed by atoms with Gasteiger partial charge in [-0.1, -0.05) is 28.1 Å².